The highest BCUT2D eigenvalue weighted by Crippen LogP contribution is 2.05. The number of aromatic nitrogens is 2. The molecule has 0 spiro atoms. The van der Waals surface area contributed by atoms with Gasteiger partial charge in [-0.3, -0.25) is 4.98 Å². The molecule has 0 amide bonds. The van der Waals surface area contributed by atoms with Crippen molar-refractivity contribution in [1.29, 1.82) is 0 Å². The molecule has 0 aliphatic heterocycles. The molecule has 106 valence electrons. The summed E-state index contributed by atoms with van der Waals surface area (Å²) in [6.45, 7) is 4.00. The van der Waals surface area contributed by atoms with Crippen LogP contribution in [0.5, 0.6) is 0 Å². The summed E-state index contributed by atoms with van der Waals surface area (Å²) in [5.41, 5.74) is 3.16. The van der Waals surface area contributed by atoms with Crippen LogP contribution in [0.3, 0.4) is 0 Å². The van der Waals surface area contributed by atoms with Gasteiger partial charge in [0, 0.05) is 5.69 Å². The molecule has 0 aliphatic carbocycles. The van der Waals surface area contributed by atoms with E-state index in [1.54, 1.807) is 0 Å². The fraction of sp³-hybridized carbons (Fsp3) is 0.188. The Kier molecular flexibility index (Phi) is 5.47. The van der Waals surface area contributed by atoms with Gasteiger partial charge in [-0.05, 0) is 60.0 Å². The molecule has 2 rings (SSSR count). The molecular formula is C16H14BrN3O. The summed E-state index contributed by atoms with van der Waals surface area (Å²) >= 11 is 3.30. The van der Waals surface area contributed by atoms with Crippen molar-refractivity contribution in [2.24, 2.45) is 5.16 Å². The second-order valence-corrected chi connectivity index (χ2v) is 5.07. The van der Waals surface area contributed by atoms with E-state index < -0.39 is 0 Å². The average Bonchev–Trinajstić information content (AvgIpc) is 2.47. The molecule has 21 heavy (non-hydrogen) atoms. The SMILES string of the molecule is C/C(=N\OCC#Cc1cccc(Br)n1)c1cccc(C)n1. The van der Waals surface area contributed by atoms with Gasteiger partial charge in [0.15, 0.2) is 6.61 Å². The molecule has 0 saturated heterocycles. The van der Waals surface area contributed by atoms with Gasteiger partial charge in [-0.2, -0.15) is 0 Å². The Labute approximate surface area is 132 Å². The van der Waals surface area contributed by atoms with Crippen molar-refractivity contribution in [3.8, 4) is 11.8 Å². The normalized spacial score (nSPS) is 10.7. The second kappa shape index (κ2) is 7.55. The smallest absolute Gasteiger partial charge is 0.177 e. The van der Waals surface area contributed by atoms with Crippen LogP contribution in [0.2, 0.25) is 0 Å². The third-order valence-electron chi connectivity index (χ3n) is 2.53. The molecule has 0 fully saturated rings. The van der Waals surface area contributed by atoms with Crippen molar-refractivity contribution in [2.45, 2.75) is 13.8 Å². The zero-order valence-electron chi connectivity index (χ0n) is 11.8. The number of rotatable bonds is 3. The Morgan fingerprint density at radius 1 is 1.24 bits per heavy atom. The molecule has 0 bridgehead atoms. The number of pyridine rings is 2. The Morgan fingerprint density at radius 2 is 2.05 bits per heavy atom. The molecule has 2 heterocycles. The Bertz CT molecular complexity index is 717. The van der Waals surface area contributed by atoms with Crippen molar-refractivity contribution in [3.63, 3.8) is 0 Å². The first-order chi connectivity index (χ1) is 10.1. The number of hydrogen-bond donors (Lipinski definition) is 0. The molecule has 0 saturated carbocycles. The number of hydrogen-bond acceptors (Lipinski definition) is 4. The number of nitrogens with zero attached hydrogens (tertiary/aromatic N) is 3. The van der Waals surface area contributed by atoms with Crippen LogP contribution in [0.1, 0.15) is 24.0 Å². The van der Waals surface area contributed by atoms with Gasteiger partial charge in [0.05, 0.1) is 5.69 Å². The van der Waals surface area contributed by atoms with E-state index in [1.807, 2.05) is 50.2 Å². The minimum atomic E-state index is 0.206. The van der Waals surface area contributed by atoms with E-state index >= 15 is 0 Å². The van der Waals surface area contributed by atoms with E-state index in [1.165, 1.54) is 0 Å². The van der Waals surface area contributed by atoms with Gasteiger partial charge in [-0.25, -0.2) is 4.98 Å². The van der Waals surface area contributed by atoms with Crippen molar-refractivity contribution in [2.75, 3.05) is 6.61 Å². The van der Waals surface area contributed by atoms with Crippen LogP contribution in [0.25, 0.3) is 0 Å². The van der Waals surface area contributed by atoms with E-state index in [-0.39, 0.29) is 6.61 Å². The van der Waals surface area contributed by atoms with E-state index in [4.69, 9.17) is 4.84 Å². The topological polar surface area (TPSA) is 47.4 Å². The first kappa shape index (κ1) is 15.2. The fourth-order valence-corrected chi connectivity index (χ4v) is 1.90. The van der Waals surface area contributed by atoms with Crippen LogP contribution in [0.4, 0.5) is 0 Å². The molecule has 2 aromatic heterocycles. The quantitative estimate of drug-likeness (QED) is 0.282. The van der Waals surface area contributed by atoms with Crippen LogP contribution in [-0.4, -0.2) is 22.3 Å². The van der Waals surface area contributed by atoms with Crippen molar-refractivity contribution < 1.29 is 4.84 Å². The van der Waals surface area contributed by atoms with Gasteiger partial charge in [-0.15, -0.1) is 0 Å². The zero-order chi connectivity index (χ0) is 15.1. The van der Waals surface area contributed by atoms with E-state index in [0.717, 1.165) is 21.7 Å². The highest BCUT2D eigenvalue weighted by atomic mass is 79.9. The average molecular weight is 344 g/mol. The van der Waals surface area contributed by atoms with Crippen molar-refractivity contribution in [3.05, 3.63) is 58.1 Å². The number of halogens is 1. The van der Waals surface area contributed by atoms with Gasteiger partial charge in [0.1, 0.15) is 16.0 Å². The van der Waals surface area contributed by atoms with Gasteiger partial charge in [-0.1, -0.05) is 23.2 Å². The lowest BCUT2D eigenvalue weighted by Gasteiger charge is -2.00. The minimum absolute atomic E-state index is 0.206. The maximum absolute atomic E-state index is 5.18. The summed E-state index contributed by atoms with van der Waals surface area (Å²) in [4.78, 5) is 13.7. The summed E-state index contributed by atoms with van der Waals surface area (Å²) in [5.74, 6) is 5.77. The lowest BCUT2D eigenvalue weighted by molar-refractivity contribution is 0.179. The third kappa shape index (κ3) is 5.01. The summed E-state index contributed by atoms with van der Waals surface area (Å²) in [6.07, 6.45) is 0. The highest BCUT2D eigenvalue weighted by Gasteiger charge is 1.99. The van der Waals surface area contributed by atoms with Gasteiger partial charge in [0.2, 0.25) is 0 Å². The lowest BCUT2D eigenvalue weighted by Crippen LogP contribution is -2.00. The zero-order valence-corrected chi connectivity index (χ0v) is 13.4. The van der Waals surface area contributed by atoms with Crippen molar-refractivity contribution >= 4 is 21.6 Å². The Balaban J connectivity index is 1.91. The molecule has 2 aromatic rings. The van der Waals surface area contributed by atoms with Crippen LogP contribution < -0.4 is 0 Å². The van der Waals surface area contributed by atoms with Gasteiger partial charge >= 0.3 is 0 Å². The standard InChI is InChI=1S/C16H14BrN3O/c1-12-6-3-9-15(18-12)13(2)20-21-11-5-8-14-7-4-10-16(17)19-14/h3-4,6-7,9-10H,11H2,1-2H3/b20-13+. The molecule has 0 aromatic carbocycles. The van der Waals surface area contributed by atoms with E-state index in [9.17, 15) is 0 Å². The third-order valence-corrected chi connectivity index (χ3v) is 2.97. The van der Waals surface area contributed by atoms with Crippen LogP contribution in [0, 0.1) is 18.8 Å². The molecule has 0 radical (unpaired) electrons. The number of aryl methyl sites for hydroxylation is 1. The summed E-state index contributed by atoms with van der Waals surface area (Å²) in [7, 11) is 0. The van der Waals surface area contributed by atoms with Gasteiger partial charge in [0.25, 0.3) is 0 Å². The predicted octanol–water partition coefficient (Wildman–Crippen LogP) is 3.34. The lowest BCUT2D eigenvalue weighted by atomic mass is 10.2. The van der Waals surface area contributed by atoms with Crippen LogP contribution >= 0.6 is 15.9 Å². The van der Waals surface area contributed by atoms with Crippen molar-refractivity contribution in [1.82, 2.24) is 9.97 Å². The largest absolute Gasteiger partial charge is 0.382 e. The molecule has 0 atom stereocenters. The minimum Gasteiger partial charge on any atom is -0.382 e. The summed E-state index contributed by atoms with van der Waals surface area (Å²) in [6, 6.07) is 11.3. The molecule has 4 nitrogen and oxygen atoms in total. The van der Waals surface area contributed by atoms with Crippen LogP contribution in [0.15, 0.2) is 46.2 Å². The monoisotopic (exact) mass is 343 g/mol. The second-order valence-electron chi connectivity index (χ2n) is 4.26. The van der Waals surface area contributed by atoms with Crippen LogP contribution in [-0.2, 0) is 4.84 Å². The van der Waals surface area contributed by atoms with E-state index in [2.05, 4.69) is 42.9 Å². The van der Waals surface area contributed by atoms with E-state index in [0.29, 0.717) is 5.69 Å². The Hall–Kier alpha value is -2.19. The maximum atomic E-state index is 5.18. The summed E-state index contributed by atoms with van der Waals surface area (Å²) in [5, 5.41) is 4.01. The highest BCUT2D eigenvalue weighted by molar-refractivity contribution is 9.10. The fourth-order valence-electron chi connectivity index (χ4n) is 1.56. The molecular weight excluding hydrogens is 330 g/mol. The molecule has 0 N–H and O–H groups in total. The predicted molar refractivity (Wildman–Crippen MR) is 86.0 cm³/mol. The summed E-state index contributed by atoms with van der Waals surface area (Å²) < 4.78 is 0.759. The Morgan fingerprint density at radius 3 is 2.81 bits per heavy atom. The number of oxime groups is 1. The first-order valence-electron chi connectivity index (χ1n) is 6.37. The first-order valence-corrected chi connectivity index (χ1v) is 7.16. The molecule has 0 unspecified atom stereocenters. The molecule has 5 heteroatoms. The maximum Gasteiger partial charge on any atom is 0.177 e. The van der Waals surface area contributed by atoms with Gasteiger partial charge < -0.3 is 4.84 Å². The molecule has 0 aliphatic rings.